The second kappa shape index (κ2) is 5.57. The van der Waals surface area contributed by atoms with E-state index in [1.165, 1.54) is 13.2 Å². The maximum Gasteiger partial charge on any atom is 0.243 e. The van der Waals surface area contributed by atoms with Crippen LogP contribution in [-0.4, -0.2) is 43.2 Å². The van der Waals surface area contributed by atoms with Gasteiger partial charge in [0.2, 0.25) is 11.8 Å². The Balaban J connectivity index is 1.99. The number of hydrogen-bond donors (Lipinski definition) is 4. The summed E-state index contributed by atoms with van der Waals surface area (Å²) in [6.45, 7) is 0.360. The van der Waals surface area contributed by atoms with Gasteiger partial charge < -0.3 is 20.5 Å². The lowest BCUT2D eigenvalue weighted by Crippen LogP contribution is -2.56. The second-order valence-corrected chi connectivity index (χ2v) is 4.11. The largest absolute Gasteiger partial charge is 0.504 e. The molecule has 0 aliphatic carbocycles. The summed E-state index contributed by atoms with van der Waals surface area (Å²) in [4.78, 5) is 22.9. The Morgan fingerprint density at radius 1 is 1.53 bits per heavy atom. The first kappa shape index (κ1) is 13.2. The van der Waals surface area contributed by atoms with Crippen molar-refractivity contribution in [2.75, 3.05) is 25.5 Å². The number of aromatic hydroxyl groups is 1. The van der Waals surface area contributed by atoms with Crippen molar-refractivity contribution in [1.82, 2.24) is 10.6 Å². The minimum absolute atomic E-state index is 0.0507. The molecule has 1 saturated heterocycles. The predicted molar refractivity (Wildman–Crippen MR) is 68.1 cm³/mol. The molecule has 0 spiro atoms. The number of phenolic OH excluding ortho intramolecular Hbond substituents is 1. The van der Waals surface area contributed by atoms with Crippen LogP contribution in [0.1, 0.15) is 0 Å². The summed E-state index contributed by atoms with van der Waals surface area (Å²) in [5, 5.41) is 17.7. The molecule has 7 heteroatoms. The van der Waals surface area contributed by atoms with Gasteiger partial charge in [0.25, 0.3) is 0 Å². The monoisotopic (exact) mass is 265 g/mol. The number of amides is 2. The number of carbonyl (C=O) groups is 2. The van der Waals surface area contributed by atoms with Crippen molar-refractivity contribution in [2.45, 2.75) is 6.04 Å². The molecule has 1 aromatic rings. The van der Waals surface area contributed by atoms with E-state index in [1.54, 1.807) is 12.1 Å². The van der Waals surface area contributed by atoms with Crippen molar-refractivity contribution >= 4 is 17.5 Å². The molecular formula is C12H15N3O4. The van der Waals surface area contributed by atoms with Crippen molar-refractivity contribution in [3.8, 4) is 11.5 Å². The number of methoxy groups -OCH3 is 1. The number of anilines is 1. The maximum absolute atomic E-state index is 11.9. The Labute approximate surface area is 109 Å². The van der Waals surface area contributed by atoms with Crippen LogP contribution in [-0.2, 0) is 9.59 Å². The average Bonchev–Trinajstić information content (AvgIpc) is 2.39. The van der Waals surface area contributed by atoms with Gasteiger partial charge in [-0.25, -0.2) is 0 Å². The molecule has 1 fully saturated rings. The summed E-state index contributed by atoms with van der Waals surface area (Å²) in [6, 6.07) is 4.10. The first-order valence-electron chi connectivity index (χ1n) is 5.78. The molecule has 1 heterocycles. The van der Waals surface area contributed by atoms with Crippen LogP contribution in [0.5, 0.6) is 11.5 Å². The molecule has 7 nitrogen and oxygen atoms in total. The predicted octanol–water partition coefficient (Wildman–Crippen LogP) is -0.573. The highest BCUT2D eigenvalue weighted by Crippen LogP contribution is 2.28. The highest BCUT2D eigenvalue weighted by molar-refractivity contribution is 5.96. The number of carbonyl (C=O) groups excluding carboxylic acids is 2. The highest BCUT2D eigenvalue weighted by Gasteiger charge is 2.23. The fourth-order valence-corrected chi connectivity index (χ4v) is 1.75. The summed E-state index contributed by atoms with van der Waals surface area (Å²) in [5.41, 5.74) is 0.460. The maximum atomic E-state index is 11.9. The summed E-state index contributed by atoms with van der Waals surface area (Å²) in [6.07, 6.45) is 0. The Bertz CT molecular complexity index is 494. The van der Waals surface area contributed by atoms with Gasteiger partial charge in [0.1, 0.15) is 6.04 Å². The molecule has 0 bridgehead atoms. The molecule has 1 unspecified atom stereocenters. The average molecular weight is 265 g/mol. The van der Waals surface area contributed by atoms with Crippen LogP contribution in [0, 0.1) is 0 Å². The Morgan fingerprint density at radius 2 is 2.32 bits per heavy atom. The van der Waals surface area contributed by atoms with Crippen LogP contribution < -0.4 is 20.7 Å². The number of phenols is 1. The van der Waals surface area contributed by atoms with Gasteiger partial charge in [-0.1, -0.05) is 0 Å². The molecule has 0 saturated carbocycles. The number of ether oxygens (including phenoxy) is 1. The fourth-order valence-electron chi connectivity index (χ4n) is 1.75. The SMILES string of the molecule is COc1ccc(NC(=O)C2CNC(=O)CN2)cc1O. The van der Waals surface area contributed by atoms with E-state index >= 15 is 0 Å². The lowest BCUT2D eigenvalue weighted by molar-refractivity contribution is -0.124. The zero-order valence-corrected chi connectivity index (χ0v) is 10.4. The summed E-state index contributed by atoms with van der Waals surface area (Å²) >= 11 is 0. The van der Waals surface area contributed by atoms with Gasteiger partial charge in [0.05, 0.1) is 13.7 Å². The normalized spacial score (nSPS) is 18.6. The lowest BCUT2D eigenvalue weighted by atomic mass is 10.2. The Hall–Kier alpha value is -2.28. The molecule has 102 valence electrons. The number of hydrogen-bond acceptors (Lipinski definition) is 5. The number of piperazine rings is 1. The van der Waals surface area contributed by atoms with Gasteiger partial charge in [0.15, 0.2) is 11.5 Å². The summed E-state index contributed by atoms with van der Waals surface area (Å²) < 4.78 is 4.91. The lowest BCUT2D eigenvalue weighted by Gasteiger charge is -2.23. The molecule has 0 radical (unpaired) electrons. The van der Waals surface area contributed by atoms with Crippen molar-refractivity contribution in [2.24, 2.45) is 0 Å². The quantitative estimate of drug-likeness (QED) is 0.586. The fraction of sp³-hybridized carbons (Fsp3) is 0.333. The van der Waals surface area contributed by atoms with Crippen molar-refractivity contribution in [3.05, 3.63) is 18.2 Å². The van der Waals surface area contributed by atoms with E-state index in [9.17, 15) is 14.7 Å². The van der Waals surface area contributed by atoms with Crippen LogP contribution in [0.15, 0.2) is 18.2 Å². The standard InChI is InChI=1S/C12H15N3O4/c1-19-10-3-2-7(4-9(10)16)15-12(18)8-5-14-11(17)6-13-8/h2-4,8,13,16H,5-6H2,1H3,(H,14,17)(H,15,18). The van der Waals surface area contributed by atoms with Crippen molar-refractivity contribution < 1.29 is 19.4 Å². The van der Waals surface area contributed by atoms with Gasteiger partial charge in [-0.15, -0.1) is 0 Å². The first-order chi connectivity index (χ1) is 9.10. The van der Waals surface area contributed by atoms with Gasteiger partial charge in [-0.05, 0) is 12.1 Å². The van der Waals surface area contributed by atoms with Crippen LogP contribution >= 0.6 is 0 Å². The van der Waals surface area contributed by atoms with Crippen LogP contribution in [0.3, 0.4) is 0 Å². The van der Waals surface area contributed by atoms with E-state index in [2.05, 4.69) is 16.0 Å². The van der Waals surface area contributed by atoms with E-state index in [0.717, 1.165) is 0 Å². The molecule has 1 atom stereocenters. The first-order valence-corrected chi connectivity index (χ1v) is 5.78. The second-order valence-electron chi connectivity index (χ2n) is 4.11. The molecule has 0 aromatic heterocycles. The number of benzene rings is 1. The van der Waals surface area contributed by atoms with Gasteiger partial charge in [-0.3, -0.25) is 14.9 Å². The van der Waals surface area contributed by atoms with E-state index in [0.29, 0.717) is 11.4 Å². The topological polar surface area (TPSA) is 99.7 Å². The molecule has 19 heavy (non-hydrogen) atoms. The van der Waals surface area contributed by atoms with Crippen molar-refractivity contribution in [3.63, 3.8) is 0 Å². The zero-order valence-electron chi connectivity index (χ0n) is 10.4. The van der Waals surface area contributed by atoms with Crippen LogP contribution in [0.4, 0.5) is 5.69 Å². The summed E-state index contributed by atoms with van der Waals surface area (Å²) in [5.74, 6) is -0.123. The molecule has 1 aromatic carbocycles. The van der Waals surface area contributed by atoms with E-state index < -0.39 is 6.04 Å². The molecule has 2 rings (SSSR count). The van der Waals surface area contributed by atoms with Gasteiger partial charge in [0, 0.05) is 18.3 Å². The molecular weight excluding hydrogens is 250 g/mol. The minimum Gasteiger partial charge on any atom is -0.504 e. The van der Waals surface area contributed by atoms with Crippen molar-refractivity contribution in [1.29, 1.82) is 0 Å². The third-order valence-electron chi connectivity index (χ3n) is 2.78. The minimum atomic E-state index is -0.484. The van der Waals surface area contributed by atoms with Gasteiger partial charge >= 0.3 is 0 Å². The Morgan fingerprint density at radius 3 is 2.89 bits per heavy atom. The molecule has 4 N–H and O–H groups in total. The van der Waals surface area contributed by atoms with Crippen LogP contribution in [0.2, 0.25) is 0 Å². The third kappa shape index (κ3) is 3.14. The number of nitrogens with one attached hydrogen (secondary N) is 3. The summed E-state index contributed by atoms with van der Waals surface area (Å²) in [7, 11) is 1.45. The zero-order chi connectivity index (χ0) is 13.8. The Kier molecular flexibility index (Phi) is 3.86. The van der Waals surface area contributed by atoms with E-state index in [1.807, 2.05) is 0 Å². The smallest absolute Gasteiger partial charge is 0.243 e. The highest BCUT2D eigenvalue weighted by atomic mass is 16.5. The molecule has 2 amide bonds. The van der Waals surface area contributed by atoms with Crippen LogP contribution in [0.25, 0.3) is 0 Å². The van der Waals surface area contributed by atoms with E-state index in [-0.39, 0.29) is 30.7 Å². The number of rotatable bonds is 3. The third-order valence-corrected chi connectivity index (χ3v) is 2.78. The molecule has 1 aliphatic rings. The van der Waals surface area contributed by atoms with Gasteiger partial charge in [-0.2, -0.15) is 0 Å². The van der Waals surface area contributed by atoms with E-state index in [4.69, 9.17) is 4.74 Å². The molecule has 1 aliphatic heterocycles.